The van der Waals surface area contributed by atoms with Gasteiger partial charge >= 0.3 is 5.97 Å². The first-order chi connectivity index (χ1) is 12.0. The van der Waals surface area contributed by atoms with Gasteiger partial charge in [-0.2, -0.15) is 5.10 Å². The van der Waals surface area contributed by atoms with E-state index in [1.165, 1.54) is 0 Å². The lowest BCUT2D eigenvalue weighted by Gasteiger charge is -2.30. The molecular weight excluding hydrogens is 386 g/mol. The molecule has 1 unspecified atom stereocenters. The molecule has 1 saturated heterocycles. The van der Waals surface area contributed by atoms with E-state index in [9.17, 15) is 9.59 Å². The summed E-state index contributed by atoms with van der Waals surface area (Å²) in [4.78, 5) is 26.0. The third-order valence-corrected chi connectivity index (χ3v) is 4.80. The highest BCUT2D eigenvalue weighted by Gasteiger charge is 2.22. The van der Waals surface area contributed by atoms with E-state index in [1.54, 1.807) is 11.0 Å². The van der Waals surface area contributed by atoms with Crippen molar-refractivity contribution in [1.29, 1.82) is 0 Å². The molecule has 1 aromatic heterocycles. The van der Waals surface area contributed by atoms with Crippen molar-refractivity contribution in [2.75, 3.05) is 19.7 Å². The molecule has 3 rings (SSSR count). The molecule has 132 valence electrons. The van der Waals surface area contributed by atoms with Crippen LogP contribution in [0.4, 0.5) is 0 Å². The number of amides is 1. The van der Waals surface area contributed by atoms with E-state index >= 15 is 0 Å². The first-order valence-corrected chi connectivity index (χ1v) is 9.08. The van der Waals surface area contributed by atoms with Crippen LogP contribution in [0.15, 0.2) is 34.8 Å². The standard InChI is InChI=1S/C18H20BrN3O3/c1-12-3-2-8-22(10-12)17(23)11-25-18(24)16-9-15(20-21-16)13-4-6-14(19)7-5-13/h4-7,9,12H,2-3,8,10-11H2,1H3,(H,20,21). The smallest absolute Gasteiger partial charge is 0.356 e. The number of esters is 1. The van der Waals surface area contributed by atoms with E-state index in [2.05, 4.69) is 33.1 Å². The van der Waals surface area contributed by atoms with E-state index in [1.807, 2.05) is 24.3 Å². The molecule has 0 bridgehead atoms. The van der Waals surface area contributed by atoms with Crippen molar-refractivity contribution in [2.24, 2.45) is 5.92 Å². The van der Waals surface area contributed by atoms with Gasteiger partial charge < -0.3 is 9.64 Å². The van der Waals surface area contributed by atoms with Crippen molar-refractivity contribution >= 4 is 27.8 Å². The first-order valence-electron chi connectivity index (χ1n) is 8.29. The molecule has 2 heterocycles. The molecule has 0 saturated carbocycles. The summed E-state index contributed by atoms with van der Waals surface area (Å²) in [6, 6.07) is 9.23. The van der Waals surface area contributed by atoms with Crippen molar-refractivity contribution in [1.82, 2.24) is 15.1 Å². The summed E-state index contributed by atoms with van der Waals surface area (Å²) in [5.41, 5.74) is 1.77. The van der Waals surface area contributed by atoms with Crippen LogP contribution in [0.25, 0.3) is 11.3 Å². The Morgan fingerprint density at radius 1 is 1.36 bits per heavy atom. The zero-order valence-electron chi connectivity index (χ0n) is 14.0. The van der Waals surface area contributed by atoms with E-state index < -0.39 is 5.97 Å². The van der Waals surface area contributed by atoms with Gasteiger partial charge in [-0.25, -0.2) is 4.79 Å². The number of nitrogens with zero attached hydrogens (tertiary/aromatic N) is 2. The number of benzene rings is 1. The fourth-order valence-corrected chi connectivity index (χ4v) is 3.17. The molecule has 2 aromatic rings. The fraction of sp³-hybridized carbons (Fsp3) is 0.389. The number of piperidine rings is 1. The maximum Gasteiger partial charge on any atom is 0.356 e. The molecule has 25 heavy (non-hydrogen) atoms. The molecule has 1 N–H and O–H groups in total. The summed E-state index contributed by atoms with van der Waals surface area (Å²) in [6.45, 7) is 3.35. The second kappa shape index (κ2) is 7.82. The highest BCUT2D eigenvalue weighted by Crippen LogP contribution is 2.21. The van der Waals surface area contributed by atoms with Gasteiger partial charge in [0.1, 0.15) is 5.69 Å². The molecule has 1 amide bonds. The van der Waals surface area contributed by atoms with Gasteiger partial charge in [-0.15, -0.1) is 0 Å². The van der Waals surface area contributed by atoms with Gasteiger partial charge in [-0.1, -0.05) is 35.0 Å². The number of hydrogen-bond acceptors (Lipinski definition) is 4. The normalized spacial score (nSPS) is 17.4. The number of H-pyrrole nitrogens is 1. The first kappa shape index (κ1) is 17.7. The third-order valence-electron chi connectivity index (χ3n) is 4.27. The highest BCUT2D eigenvalue weighted by molar-refractivity contribution is 9.10. The second-order valence-electron chi connectivity index (χ2n) is 6.34. The van der Waals surface area contributed by atoms with Crippen molar-refractivity contribution < 1.29 is 14.3 Å². The SMILES string of the molecule is CC1CCCN(C(=O)COC(=O)c2cc(-c3ccc(Br)cc3)n[nH]2)C1. The molecule has 6 nitrogen and oxygen atoms in total. The Labute approximate surface area is 154 Å². The second-order valence-corrected chi connectivity index (χ2v) is 7.25. The molecule has 1 aromatic carbocycles. The minimum absolute atomic E-state index is 0.146. The molecular formula is C18H20BrN3O3. The predicted molar refractivity (Wildman–Crippen MR) is 97.0 cm³/mol. The third kappa shape index (κ3) is 4.48. The van der Waals surface area contributed by atoms with Crippen LogP contribution in [0, 0.1) is 5.92 Å². The van der Waals surface area contributed by atoms with Gasteiger partial charge in [0.25, 0.3) is 5.91 Å². The molecule has 1 fully saturated rings. The van der Waals surface area contributed by atoms with Gasteiger partial charge in [-0.3, -0.25) is 9.89 Å². The molecule has 7 heteroatoms. The highest BCUT2D eigenvalue weighted by atomic mass is 79.9. The number of aromatic amines is 1. The van der Waals surface area contributed by atoms with Crippen molar-refractivity contribution in [2.45, 2.75) is 19.8 Å². The number of ether oxygens (including phenoxy) is 1. The van der Waals surface area contributed by atoms with Gasteiger partial charge in [-0.05, 0) is 37.0 Å². The van der Waals surface area contributed by atoms with Gasteiger partial charge in [0.15, 0.2) is 6.61 Å². The lowest BCUT2D eigenvalue weighted by molar-refractivity contribution is -0.136. The van der Waals surface area contributed by atoms with Crippen LogP contribution in [0.1, 0.15) is 30.3 Å². The minimum atomic E-state index is -0.575. The minimum Gasteiger partial charge on any atom is -0.451 e. The Bertz CT molecular complexity index is 757. The summed E-state index contributed by atoms with van der Waals surface area (Å²) in [6.07, 6.45) is 2.13. The number of carbonyl (C=O) groups excluding carboxylic acids is 2. The average Bonchev–Trinajstić information content (AvgIpc) is 3.10. The summed E-state index contributed by atoms with van der Waals surface area (Å²) in [7, 11) is 0. The largest absolute Gasteiger partial charge is 0.451 e. The molecule has 1 atom stereocenters. The predicted octanol–water partition coefficient (Wildman–Crippen LogP) is 3.25. The summed E-state index contributed by atoms with van der Waals surface area (Å²) < 4.78 is 6.11. The summed E-state index contributed by atoms with van der Waals surface area (Å²) >= 11 is 3.38. The van der Waals surface area contributed by atoms with E-state index in [0.29, 0.717) is 11.6 Å². The number of carbonyl (C=O) groups is 2. The quantitative estimate of drug-likeness (QED) is 0.791. The van der Waals surface area contributed by atoms with Gasteiger partial charge in [0.05, 0.1) is 5.69 Å². The van der Waals surface area contributed by atoms with Crippen molar-refractivity contribution in [3.8, 4) is 11.3 Å². The Morgan fingerprint density at radius 2 is 2.12 bits per heavy atom. The number of aromatic nitrogens is 2. The number of hydrogen-bond donors (Lipinski definition) is 1. The van der Waals surface area contributed by atoms with Crippen LogP contribution >= 0.6 is 15.9 Å². The van der Waals surface area contributed by atoms with Crippen LogP contribution in [-0.4, -0.2) is 46.7 Å². The zero-order chi connectivity index (χ0) is 17.8. The number of nitrogens with one attached hydrogen (secondary N) is 1. The topological polar surface area (TPSA) is 75.3 Å². The maximum atomic E-state index is 12.2. The van der Waals surface area contributed by atoms with E-state index in [4.69, 9.17) is 4.74 Å². The Kier molecular flexibility index (Phi) is 5.53. The lowest BCUT2D eigenvalue weighted by Crippen LogP contribution is -2.41. The van der Waals surface area contributed by atoms with Crippen LogP contribution in [0.2, 0.25) is 0 Å². The molecule has 0 spiro atoms. The maximum absolute atomic E-state index is 12.2. The number of rotatable bonds is 4. The Balaban J connectivity index is 1.56. The van der Waals surface area contributed by atoms with Crippen molar-refractivity contribution in [3.05, 3.63) is 40.5 Å². The number of halogens is 1. The Hall–Kier alpha value is -2.15. The molecule has 0 aliphatic carbocycles. The van der Waals surface area contributed by atoms with Crippen LogP contribution < -0.4 is 0 Å². The van der Waals surface area contributed by atoms with Crippen molar-refractivity contribution in [3.63, 3.8) is 0 Å². The monoisotopic (exact) mass is 405 g/mol. The zero-order valence-corrected chi connectivity index (χ0v) is 15.6. The molecule has 1 aliphatic rings. The Morgan fingerprint density at radius 3 is 2.84 bits per heavy atom. The van der Waals surface area contributed by atoms with Crippen LogP contribution in [-0.2, 0) is 9.53 Å². The van der Waals surface area contributed by atoms with Gasteiger partial charge in [0, 0.05) is 23.1 Å². The summed E-state index contributed by atoms with van der Waals surface area (Å²) in [5, 5.41) is 6.80. The average molecular weight is 406 g/mol. The summed E-state index contributed by atoms with van der Waals surface area (Å²) in [5.74, 6) is -0.226. The van der Waals surface area contributed by atoms with Crippen LogP contribution in [0.3, 0.4) is 0 Å². The number of likely N-dealkylation sites (tertiary alicyclic amines) is 1. The fourth-order valence-electron chi connectivity index (χ4n) is 2.91. The van der Waals surface area contributed by atoms with Crippen LogP contribution in [0.5, 0.6) is 0 Å². The van der Waals surface area contributed by atoms with Gasteiger partial charge in [0.2, 0.25) is 0 Å². The molecule has 1 aliphatic heterocycles. The molecule has 0 radical (unpaired) electrons. The van der Waals surface area contributed by atoms with E-state index in [0.717, 1.165) is 36.0 Å². The van der Waals surface area contributed by atoms with E-state index in [-0.39, 0.29) is 18.2 Å². The lowest BCUT2D eigenvalue weighted by atomic mass is 10.0.